The quantitative estimate of drug-likeness (QED) is 0.787. The van der Waals surface area contributed by atoms with E-state index in [9.17, 15) is 14.4 Å². The molecule has 1 aliphatic rings. The molecule has 2 amide bonds. The van der Waals surface area contributed by atoms with E-state index in [1.165, 1.54) is 6.07 Å². The number of hydrogen-bond donors (Lipinski definition) is 1. The Kier molecular flexibility index (Phi) is 2.90. The number of carboxylic acid groups (broad SMARTS) is 1. The predicted octanol–water partition coefficient (Wildman–Crippen LogP) is 0.514. The van der Waals surface area contributed by atoms with Crippen molar-refractivity contribution in [3.05, 3.63) is 17.5 Å². The van der Waals surface area contributed by atoms with E-state index in [2.05, 4.69) is 5.16 Å². The van der Waals surface area contributed by atoms with Crippen molar-refractivity contribution in [3.63, 3.8) is 0 Å². The van der Waals surface area contributed by atoms with Gasteiger partial charge in [0.05, 0.1) is 6.54 Å². The molecular weight excluding hydrogens is 240 g/mol. The smallest absolute Gasteiger partial charge is 0.358 e. The largest absolute Gasteiger partial charge is 0.476 e. The van der Waals surface area contributed by atoms with E-state index in [1.54, 1.807) is 13.8 Å². The van der Waals surface area contributed by atoms with Crippen LogP contribution >= 0.6 is 0 Å². The molecule has 2 heterocycles. The molecule has 1 fully saturated rings. The molecule has 2 rings (SSSR count). The van der Waals surface area contributed by atoms with Gasteiger partial charge in [-0.05, 0) is 0 Å². The van der Waals surface area contributed by atoms with Gasteiger partial charge < -0.3 is 9.63 Å². The van der Waals surface area contributed by atoms with Crippen LogP contribution < -0.4 is 0 Å². The van der Waals surface area contributed by atoms with E-state index in [1.807, 2.05) is 0 Å². The molecular formula is C11H12N2O5. The second kappa shape index (κ2) is 4.25. The summed E-state index contributed by atoms with van der Waals surface area (Å²) in [5.41, 5.74) is -0.245. The Labute approximate surface area is 102 Å². The lowest BCUT2D eigenvalue weighted by Crippen LogP contribution is -2.30. The molecule has 7 heteroatoms. The van der Waals surface area contributed by atoms with Gasteiger partial charge in [-0.2, -0.15) is 0 Å². The second-order valence-corrected chi connectivity index (χ2v) is 4.32. The van der Waals surface area contributed by atoms with Crippen molar-refractivity contribution in [1.29, 1.82) is 0 Å². The first-order valence-corrected chi connectivity index (χ1v) is 5.46. The van der Waals surface area contributed by atoms with Crippen LogP contribution in [0.3, 0.4) is 0 Å². The number of imide groups is 1. The molecule has 0 aromatic carbocycles. The number of likely N-dealkylation sites (tertiary alicyclic amines) is 1. The summed E-state index contributed by atoms with van der Waals surface area (Å²) in [6.07, 6.45) is 0. The molecule has 1 aromatic rings. The van der Waals surface area contributed by atoms with Crippen molar-refractivity contribution in [2.75, 3.05) is 0 Å². The van der Waals surface area contributed by atoms with Crippen LogP contribution in [0.5, 0.6) is 0 Å². The summed E-state index contributed by atoms with van der Waals surface area (Å²) in [6.45, 7) is 3.30. The Morgan fingerprint density at radius 2 is 1.94 bits per heavy atom. The van der Waals surface area contributed by atoms with Crippen LogP contribution in [0.4, 0.5) is 0 Å². The molecule has 2 unspecified atom stereocenters. The molecule has 0 saturated carbocycles. The van der Waals surface area contributed by atoms with Crippen molar-refractivity contribution >= 4 is 17.8 Å². The lowest BCUT2D eigenvalue weighted by Gasteiger charge is -2.11. The van der Waals surface area contributed by atoms with Crippen molar-refractivity contribution < 1.29 is 24.0 Å². The van der Waals surface area contributed by atoms with Crippen LogP contribution in [-0.2, 0) is 16.1 Å². The third-order valence-corrected chi connectivity index (χ3v) is 3.15. The number of aromatic nitrogens is 1. The van der Waals surface area contributed by atoms with Crippen LogP contribution in [0.15, 0.2) is 10.6 Å². The van der Waals surface area contributed by atoms with E-state index >= 15 is 0 Å². The molecule has 1 saturated heterocycles. The van der Waals surface area contributed by atoms with Gasteiger partial charge in [0.15, 0.2) is 11.5 Å². The number of hydrogen-bond acceptors (Lipinski definition) is 5. The third-order valence-electron chi connectivity index (χ3n) is 3.15. The summed E-state index contributed by atoms with van der Waals surface area (Å²) in [5.74, 6) is -2.32. The fraction of sp³-hybridized carbons (Fsp3) is 0.455. The zero-order valence-electron chi connectivity index (χ0n) is 9.91. The van der Waals surface area contributed by atoms with Crippen molar-refractivity contribution in [2.45, 2.75) is 20.4 Å². The van der Waals surface area contributed by atoms with Crippen LogP contribution in [0, 0.1) is 11.8 Å². The van der Waals surface area contributed by atoms with Gasteiger partial charge in [-0.1, -0.05) is 19.0 Å². The highest BCUT2D eigenvalue weighted by atomic mass is 16.5. The Bertz CT molecular complexity index is 501. The second-order valence-electron chi connectivity index (χ2n) is 4.32. The molecule has 1 aromatic heterocycles. The van der Waals surface area contributed by atoms with Crippen LogP contribution in [0.25, 0.3) is 0 Å². The van der Waals surface area contributed by atoms with Crippen LogP contribution in [0.1, 0.15) is 30.1 Å². The highest BCUT2D eigenvalue weighted by Crippen LogP contribution is 2.26. The van der Waals surface area contributed by atoms with Crippen molar-refractivity contribution in [2.24, 2.45) is 11.8 Å². The number of rotatable bonds is 3. The van der Waals surface area contributed by atoms with Gasteiger partial charge in [-0.25, -0.2) is 4.79 Å². The first-order valence-electron chi connectivity index (χ1n) is 5.46. The van der Waals surface area contributed by atoms with Gasteiger partial charge in [0.2, 0.25) is 11.8 Å². The normalized spacial score (nSPS) is 23.8. The molecule has 18 heavy (non-hydrogen) atoms. The average Bonchev–Trinajstić information content (AvgIpc) is 2.86. The van der Waals surface area contributed by atoms with Gasteiger partial charge in [-0.3, -0.25) is 14.5 Å². The van der Waals surface area contributed by atoms with E-state index in [-0.39, 0.29) is 41.6 Å². The first kappa shape index (κ1) is 12.3. The monoisotopic (exact) mass is 252 g/mol. The summed E-state index contributed by atoms with van der Waals surface area (Å²) in [5, 5.41) is 12.0. The van der Waals surface area contributed by atoms with Gasteiger partial charge in [-0.15, -0.1) is 0 Å². The van der Waals surface area contributed by atoms with E-state index in [0.717, 1.165) is 4.90 Å². The topological polar surface area (TPSA) is 101 Å². The number of nitrogens with zero attached hydrogens (tertiary/aromatic N) is 2. The lowest BCUT2D eigenvalue weighted by molar-refractivity contribution is -0.140. The summed E-state index contributed by atoms with van der Waals surface area (Å²) in [7, 11) is 0. The zero-order valence-corrected chi connectivity index (χ0v) is 9.91. The Morgan fingerprint density at radius 3 is 2.39 bits per heavy atom. The van der Waals surface area contributed by atoms with E-state index < -0.39 is 5.97 Å². The van der Waals surface area contributed by atoms with E-state index in [4.69, 9.17) is 9.63 Å². The van der Waals surface area contributed by atoms with Crippen LogP contribution in [-0.4, -0.2) is 32.9 Å². The predicted molar refractivity (Wildman–Crippen MR) is 57.3 cm³/mol. The third kappa shape index (κ3) is 1.87. The minimum atomic E-state index is -1.22. The number of carbonyl (C=O) groups excluding carboxylic acids is 2. The summed E-state index contributed by atoms with van der Waals surface area (Å²) < 4.78 is 4.78. The minimum Gasteiger partial charge on any atom is -0.476 e. The highest BCUT2D eigenvalue weighted by Gasteiger charge is 2.42. The van der Waals surface area contributed by atoms with Gasteiger partial charge in [0.1, 0.15) is 0 Å². The molecule has 1 aliphatic heterocycles. The van der Waals surface area contributed by atoms with Crippen molar-refractivity contribution in [1.82, 2.24) is 10.1 Å². The summed E-state index contributed by atoms with van der Waals surface area (Å²) in [4.78, 5) is 35.3. The summed E-state index contributed by atoms with van der Waals surface area (Å²) in [6, 6.07) is 1.20. The SMILES string of the molecule is CC1C(=O)N(Cc2cc(C(=O)O)no2)C(=O)C1C. The number of carbonyl (C=O) groups is 3. The molecule has 0 bridgehead atoms. The van der Waals surface area contributed by atoms with E-state index in [0.29, 0.717) is 0 Å². The number of amides is 2. The number of carboxylic acids is 1. The average molecular weight is 252 g/mol. The maximum Gasteiger partial charge on any atom is 0.358 e. The van der Waals surface area contributed by atoms with Gasteiger partial charge in [0, 0.05) is 17.9 Å². The highest BCUT2D eigenvalue weighted by molar-refractivity contribution is 6.04. The van der Waals surface area contributed by atoms with Gasteiger partial charge >= 0.3 is 5.97 Å². The minimum absolute atomic E-state index is 0.0768. The fourth-order valence-electron chi connectivity index (χ4n) is 1.83. The summed E-state index contributed by atoms with van der Waals surface area (Å²) >= 11 is 0. The molecule has 7 nitrogen and oxygen atoms in total. The van der Waals surface area contributed by atoms with Crippen molar-refractivity contribution in [3.8, 4) is 0 Å². The van der Waals surface area contributed by atoms with Crippen LogP contribution in [0.2, 0.25) is 0 Å². The standard InChI is InChI=1S/C11H12N2O5/c1-5-6(2)10(15)13(9(5)14)4-7-3-8(11(16)17)12-18-7/h3,5-6H,4H2,1-2H3,(H,16,17). The first-order chi connectivity index (χ1) is 8.41. The maximum atomic E-state index is 11.8. The Balaban J connectivity index is 2.16. The van der Waals surface area contributed by atoms with Gasteiger partial charge in [0.25, 0.3) is 0 Å². The molecule has 96 valence electrons. The fourth-order valence-corrected chi connectivity index (χ4v) is 1.83. The maximum absolute atomic E-state index is 11.8. The molecule has 0 radical (unpaired) electrons. The molecule has 1 N–H and O–H groups in total. The molecule has 0 spiro atoms. The molecule has 2 atom stereocenters. The zero-order chi connectivity index (χ0) is 13.4. The lowest BCUT2D eigenvalue weighted by atomic mass is 10.00. The molecule has 0 aliphatic carbocycles. The Hall–Kier alpha value is -2.18. The Morgan fingerprint density at radius 1 is 1.39 bits per heavy atom. The number of aromatic carboxylic acids is 1.